The summed E-state index contributed by atoms with van der Waals surface area (Å²) in [7, 11) is 1.91. The van der Waals surface area contributed by atoms with Gasteiger partial charge in [-0.3, -0.25) is 4.79 Å². The Bertz CT molecular complexity index is 979. The van der Waals surface area contributed by atoms with Crippen LogP contribution in [-0.4, -0.2) is 56.2 Å². The third-order valence-electron chi connectivity index (χ3n) is 4.75. The molecular weight excluding hydrogens is 330 g/mol. The van der Waals surface area contributed by atoms with E-state index in [1.54, 1.807) is 23.0 Å². The quantitative estimate of drug-likeness (QED) is 0.696. The number of carbonyl (C=O) groups excluding carboxylic acids is 1. The van der Waals surface area contributed by atoms with Crippen molar-refractivity contribution in [1.82, 2.24) is 24.1 Å². The number of anilines is 1. The Hall–Kier alpha value is -3.34. The van der Waals surface area contributed by atoms with E-state index < -0.39 is 0 Å². The van der Waals surface area contributed by atoms with E-state index in [0.717, 1.165) is 24.4 Å². The highest BCUT2D eigenvalue weighted by molar-refractivity contribution is 5.99. The average Bonchev–Trinajstić information content (AvgIpc) is 3.15. The van der Waals surface area contributed by atoms with Crippen LogP contribution in [0, 0.1) is 11.3 Å². The van der Waals surface area contributed by atoms with Gasteiger partial charge in [-0.05, 0) is 18.6 Å². The first-order chi connectivity index (χ1) is 12.7. The van der Waals surface area contributed by atoms with E-state index in [1.807, 2.05) is 35.0 Å². The molecule has 8 heteroatoms. The molecule has 3 aromatic rings. The van der Waals surface area contributed by atoms with Crippen molar-refractivity contribution in [3.63, 3.8) is 0 Å². The number of aromatic nitrogens is 4. The van der Waals surface area contributed by atoms with Crippen LogP contribution in [0.1, 0.15) is 22.3 Å². The first-order valence-corrected chi connectivity index (χ1v) is 8.56. The number of carbonyl (C=O) groups is 1. The van der Waals surface area contributed by atoms with Gasteiger partial charge in [0.15, 0.2) is 0 Å². The van der Waals surface area contributed by atoms with Crippen LogP contribution >= 0.6 is 0 Å². The zero-order chi connectivity index (χ0) is 18.1. The largest absolute Gasteiger partial charge is 0.355 e. The van der Waals surface area contributed by atoms with Gasteiger partial charge in [-0.1, -0.05) is 0 Å². The van der Waals surface area contributed by atoms with Gasteiger partial charge in [-0.2, -0.15) is 10.4 Å². The monoisotopic (exact) mass is 349 g/mol. The summed E-state index contributed by atoms with van der Waals surface area (Å²) in [5.41, 5.74) is 1.99. The lowest BCUT2D eigenvalue weighted by Gasteiger charge is -2.22. The Kier molecular flexibility index (Phi) is 4.05. The van der Waals surface area contributed by atoms with Crippen LogP contribution in [0.2, 0.25) is 0 Å². The number of hydrogen-bond donors (Lipinski definition) is 0. The van der Waals surface area contributed by atoms with Crippen LogP contribution in [-0.2, 0) is 7.05 Å². The first kappa shape index (κ1) is 16.1. The summed E-state index contributed by atoms with van der Waals surface area (Å²) in [5.74, 6) is 0.852. The SMILES string of the molecule is Cn1ccn2ncc(C(=O)N3CCCN(c4ccc(C#N)cn4)CC3)c12. The number of imidazole rings is 1. The number of nitriles is 1. The molecule has 132 valence electrons. The molecule has 3 aromatic heterocycles. The Labute approximate surface area is 150 Å². The molecule has 1 fully saturated rings. The van der Waals surface area contributed by atoms with Crippen molar-refractivity contribution in [3.8, 4) is 6.07 Å². The van der Waals surface area contributed by atoms with E-state index in [-0.39, 0.29) is 5.91 Å². The summed E-state index contributed by atoms with van der Waals surface area (Å²) in [6.07, 6.45) is 7.82. The second kappa shape index (κ2) is 6.52. The standard InChI is InChI=1S/C18H19N7O/c1-22-7-10-25-17(22)15(13-21-25)18(26)24-6-2-5-23(8-9-24)16-4-3-14(11-19)12-20-16/h3-4,7,10,12-13H,2,5-6,8-9H2,1H3. The highest BCUT2D eigenvalue weighted by Crippen LogP contribution is 2.17. The van der Waals surface area contributed by atoms with Crippen molar-refractivity contribution >= 4 is 17.4 Å². The van der Waals surface area contributed by atoms with Gasteiger partial charge in [-0.25, -0.2) is 9.50 Å². The lowest BCUT2D eigenvalue weighted by Crippen LogP contribution is -2.35. The van der Waals surface area contributed by atoms with Crippen molar-refractivity contribution < 1.29 is 4.79 Å². The number of rotatable bonds is 2. The second-order valence-corrected chi connectivity index (χ2v) is 6.39. The lowest BCUT2D eigenvalue weighted by molar-refractivity contribution is 0.0768. The van der Waals surface area contributed by atoms with Gasteiger partial charge in [0.05, 0.1) is 11.8 Å². The fourth-order valence-electron chi connectivity index (χ4n) is 3.36. The third-order valence-corrected chi connectivity index (χ3v) is 4.75. The van der Waals surface area contributed by atoms with Crippen molar-refractivity contribution in [2.24, 2.45) is 7.05 Å². The summed E-state index contributed by atoms with van der Waals surface area (Å²) >= 11 is 0. The number of fused-ring (bicyclic) bond motifs is 1. The number of pyridine rings is 1. The van der Waals surface area contributed by atoms with Gasteiger partial charge < -0.3 is 14.4 Å². The minimum Gasteiger partial charge on any atom is -0.355 e. The van der Waals surface area contributed by atoms with Gasteiger partial charge in [0.1, 0.15) is 23.1 Å². The highest BCUT2D eigenvalue weighted by Gasteiger charge is 2.24. The molecule has 0 unspecified atom stereocenters. The summed E-state index contributed by atoms with van der Waals surface area (Å²) in [4.78, 5) is 21.4. The minimum absolute atomic E-state index is 0.0106. The number of nitrogens with zero attached hydrogens (tertiary/aromatic N) is 7. The topological polar surface area (TPSA) is 82.5 Å². The molecule has 0 radical (unpaired) electrons. The van der Waals surface area contributed by atoms with E-state index >= 15 is 0 Å². The molecule has 1 amide bonds. The predicted molar refractivity (Wildman–Crippen MR) is 95.8 cm³/mol. The lowest BCUT2D eigenvalue weighted by atomic mass is 10.2. The molecule has 8 nitrogen and oxygen atoms in total. The smallest absolute Gasteiger partial charge is 0.259 e. The van der Waals surface area contributed by atoms with Crippen LogP contribution in [0.4, 0.5) is 5.82 Å². The molecule has 4 heterocycles. The van der Waals surface area contributed by atoms with E-state index in [1.165, 1.54) is 0 Å². The maximum absolute atomic E-state index is 13.0. The van der Waals surface area contributed by atoms with Gasteiger partial charge >= 0.3 is 0 Å². The van der Waals surface area contributed by atoms with Gasteiger partial charge in [-0.15, -0.1) is 0 Å². The third kappa shape index (κ3) is 2.77. The maximum Gasteiger partial charge on any atom is 0.259 e. The van der Waals surface area contributed by atoms with Crippen LogP contribution in [0.25, 0.3) is 5.65 Å². The number of amides is 1. The predicted octanol–water partition coefficient (Wildman–Crippen LogP) is 1.29. The first-order valence-electron chi connectivity index (χ1n) is 8.56. The molecule has 0 saturated carbocycles. The Morgan fingerprint density at radius 2 is 2.04 bits per heavy atom. The van der Waals surface area contributed by atoms with Crippen molar-refractivity contribution in [2.45, 2.75) is 6.42 Å². The normalized spacial score (nSPS) is 15.1. The molecule has 26 heavy (non-hydrogen) atoms. The molecule has 4 rings (SSSR count). The number of hydrogen-bond acceptors (Lipinski definition) is 5. The van der Waals surface area contributed by atoms with Crippen LogP contribution in [0.15, 0.2) is 36.9 Å². The summed E-state index contributed by atoms with van der Waals surface area (Å²) in [5, 5.41) is 13.2. The van der Waals surface area contributed by atoms with Crippen LogP contribution < -0.4 is 4.90 Å². The van der Waals surface area contributed by atoms with Gasteiger partial charge in [0.2, 0.25) is 0 Å². The average molecular weight is 349 g/mol. The zero-order valence-electron chi connectivity index (χ0n) is 14.5. The molecule has 1 saturated heterocycles. The molecule has 0 N–H and O–H groups in total. The molecule has 1 aliphatic heterocycles. The molecule has 1 aliphatic rings. The van der Waals surface area contributed by atoms with E-state index in [9.17, 15) is 4.79 Å². The molecule has 0 aliphatic carbocycles. The maximum atomic E-state index is 13.0. The Balaban J connectivity index is 1.50. The van der Waals surface area contributed by atoms with E-state index in [2.05, 4.69) is 21.1 Å². The Morgan fingerprint density at radius 3 is 2.81 bits per heavy atom. The molecule has 0 atom stereocenters. The van der Waals surface area contributed by atoms with E-state index in [4.69, 9.17) is 5.26 Å². The molecule has 0 aromatic carbocycles. The fourth-order valence-corrected chi connectivity index (χ4v) is 3.36. The summed E-state index contributed by atoms with van der Waals surface area (Å²) in [6.45, 7) is 2.87. The van der Waals surface area contributed by atoms with Crippen molar-refractivity contribution in [1.29, 1.82) is 5.26 Å². The molecular formula is C18H19N7O. The summed E-state index contributed by atoms with van der Waals surface area (Å²) in [6, 6.07) is 5.72. The summed E-state index contributed by atoms with van der Waals surface area (Å²) < 4.78 is 3.63. The minimum atomic E-state index is 0.0106. The van der Waals surface area contributed by atoms with Crippen LogP contribution in [0.5, 0.6) is 0 Å². The fraction of sp³-hybridized carbons (Fsp3) is 0.333. The molecule has 0 bridgehead atoms. The van der Waals surface area contributed by atoms with Gasteiger partial charge in [0, 0.05) is 51.8 Å². The highest BCUT2D eigenvalue weighted by atomic mass is 16.2. The van der Waals surface area contributed by atoms with Crippen molar-refractivity contribution in [2.75, 3.05) is 31.1 Å². The Morgan fingerprint density at radius 1 is 1.15 bits per heavy atom. The van der Waals surface area contributed by atoms with Crippen molar-refractivity contribution in [3.05, 3.63) is 48.0 Å². The number of aryl methyl sites for hydroxylation is 1. The van der Waals surface area contributed by atoms with Crippen LogP contribution in [0.3, 0.4) is 0 Å². The second-order valence-electron chi connectivity index (χ2n) is 6.39. The van der Waals surface area contributed by atoms with Gasteiger partial charge in [0.25, 0.3) is 5.91 Å². The van der Waals surface area contributed by atoms with E-state index in [0.29, 0.717) is 30.8 Å². The molecule has 0 spiro atoms. The zero-order valence-corrected chi connectivity index (χ0v) is 14.5.